The minimum absolute atomic E-state index is 0.00739. The maximum atomic E-state index is 14.0. The van der Waals surface area contributed by atoms with Gasteiger partial charge in [-0.25, -0.2) is 0 Å². The van der Waals surface area contributed by atoms with Crippen LogP contribution in [0.5, 0.6) is 17.2 Å². The quantitative estimate of drug-likeness (QED) is 0.211. The Hall–Kier alpha value is -4.29. The van der Waals surface area contributed by atoms with Gasteiger partial charge in [-0.1, -0.05) is 72.8 Å². The second-order valence-electron chi connectivity index (χ2n) is 10.4. The molecular weight excluding hydrogens is 512 g/mol. The van der Waals surface area contributed by atoms with Crippen LogP contribution in [0.15, 0.2) is 103 Å². The van der Waals surface area contributed by atoms with Crippen LogP contribution in [-0.2, 0) is 19.7 Å². The van der Waals surface area contributed by atoms with Crippen LogP contribution in [0.2, 0.25) is 0 Å². The normalized spacial score (nSPS) is 13.9. The minimum Gasteiger partial charge on any atom is -0.497 e. The summed E-state index contributed by atoms with van der Waals surface area (Å²) in [6.07, 6.45) is 1.83. The molecule has 1 aliphatic rings. The first-order chi connectivity index (χ1) is 20.1. The maximum absolute atomic E-state index is 14.0. The van der Waals surface area contributed by atoms with Gasteiger partial charge in [-0.15, -0.1) is 0 Å². The summed E-state index contributed by atoms with van der Waals surface area (Å²) in [4.78, 5) is 18.5. The van der Waals surface area contributed by atoms with Gasteiger partial charge in [0.2, 0.25) is 0 Å². The van der Waals surface area contributed by atoms with Gasteiger partial charge in [0.1, 0.15) is 12.4 Å². The monoisotopic (exact) mass is 550 g/mol. The van der Waals surface area contributed by atoms with Gasteiger partial charge in [-0.2, -0.15) is 0 Å². The van der Waals surface area contributed by atoms with Gasteiger partial charge in [0, 0.05) is 37.8 Å². The van der Waals surface area contributed by atoms with E-state index in [2.05, 4.69) is 35.2 Å². The van der Waals surface area contributed by atoms with Gasteiger partial charge in [0.15, 0.2) is 11.5 Å². The Morgan fingerprint density at radius 1 is 0.756 bits per heavy atom. The number of hydrogen-bond acceptors (Lipinski definition) is 5. The Morgan fingerprint density at radius 3 is 2.15 bits per heavy atom. The lowest BCUT2D eigenvalue weighted by Crippen LogP contribution is -2.46. The average molecular weight is 551 g/mol. The fourth-order valence-electron chi connectivity index (χ4n) is 5.38. The molecule has 4 aromatic carbocycles. The Kier molecular flexibility index (Phi) is 9.55. The van der Waals surface area contributed by atoms with Crippen LogP contribution < -0.4 is 14.2 Å². The molecule has 0 atom stereocenters. The van der Waals surface area contributed by atoms with E-state index in [0.717, 1.165) is 43.6 Å². The molecule has 6 nitrogen and oxygen atoms in total. The number of piperidine rings is 1. The molecule has 6 heteroatoms. The standard InChI is InChI=1S/C35H38N2O4/c1-39-32-15-9-14-30(23-32)35(38)37(31-18-20-36(21-19-31)24-27-10-5-3-6-11-27)25-29-16-17-33(40-2)34(22-29)41-26-28-12-7-4-8-13-28/h3-17,22-23,31H,18-21,24-26H2,1-2H3. The van der Waals surface area contributed by atoms with E-state index in [-0.39, 0.29) is 11.9 Å². The highest BCUT2D eigenvalue weighted by atomic mass is 16.5. The van der Waals surface area contributed by atoms with Crippen LogP contribution in [0, 0.1) is 0 Å². The van der Waals surface area contributed by atoms with Crippen molar-refractivity contribution in [2.24, 2.45) is 0 Å². The lowest BCUT2D eigenvalue weighted by atomic mass is 10.00. The summed E-state index contributed by atoms with van der Waals surface area (Å²) in [5.74, 6) is 2.02. The third-order valence-electron chi connectivity index (χ3n) is 7.64. The number of nitrogens with zero attached hydrogens (tertiary/aromatic N) is 2. The maximum Gasteiger partial charge on any atom is 0.254 e. The Labute approximate surface area is 243 Å². The molecule has 0 saturated carbocycles. The number of likely N-dealkylation sites (tertiary alicyclic amines) is 1. The van der Waals surface area contributed by atoms with E-state index < -0.39 is 0 Å². The van der Waals surface area contributed by atoms with Crippen molar-refractivity contribution in [3.63, 3.8) is 0 Å². The molecule has 0 radical (unpaired) electrons. The Morgan fingerprint density at radius 2 is 1.46 bits per heavy atom. The van der Waals surface area contributed by atoms with Crippen molar-refractivity contribution < 1.29 is 19.0 Å². The summed E-state index contributed by atoms with van der Waals surface area (Å²) in [6.45, 7) is 3.72. The highest BCUT2D eigenvalue weighted by Crippen LogP contribution is 2.31. The molecule has 0 spiro atoms. The molecule has 1 amide bonds. The van der Waals surface area contributed by atoms with E-state index in [1.807, 2.05) is 77.7 Å². The molecule has 212 valence electrons. The zero-order chi connectivity index (χ0) is 28.4. The van der Waals surface area contributed by atoms with Crippen molar-refractivity contribution in [2.45, 2.75) is 38.6 Å². The van der Waals surface area contributed by atoms with Crippen molar-refractivity contribution in [1.29, 1.82) is 0 Å². The third-order valence-corrected chi connectivity index (χ3v) is 7.64. The highest BCUT2D eigenvalue weighted by molar-refractivity contribution is 5.94. The first-order valence-corrected chi connectivity index (χ1v) is 14.2. The lowest BCUT2D eigenvalue weighted by Gasteiger charge is -2.39. The van der Waals surface area contributed by atoms with Gasteiger partial charge in [0.25, 0.3) is 5.91 Å². The zero-order valence-electron chi connectivity index (χ0n) is 23.9. The summed E-state index contributed by atoms with van der Waals surface area (Å²) >= 11 is 0. The van der Waals surface area contributed by atoms with Crippen LogP contribution in [0.25, 0.3) is 0 Å². The lowest BCUT2D eigenvalue weighted by molar-refractivity contribution is 0.0542. The molecule has 1 aliphatic heterocycles. The number of hydrogen-bond donors (Lipinski definition) is 0. The van der Waals surface area contributed by atoms with Crippen molar-refractivity contribution in [2.75, 3.05) is 27.3 Å². The molecule has 0 aliphatic carbocycles. The first-order valence-electron chi connectivity index (χ1n) is 14.2. The summed E-state index contributed by atoms with van der Waals surface area (Å²) in [7, 11) is 3.27. The van der Waals surface area contributed by atoms with Crippen molar-refractivity contribution >= 4 is 5.91 Å². The van der Waals surface area contributed by atoms with Crippen LogP contribution in [0.4, 0.5) is 0 Å². The van der Waals surface area contributed by atoms with Crippen LogP contribution in [0.3, 0.4) is 0 Å². The van der Waals surface area contributed by atoms with Crippen molar-refractivity contribution in [1.82, 2.24) is 9.80 Å². The molecule has 5 rings (SSSR count). The van der Waals surface area contributed by atoms with Crippen LogP contribution in [0.1, 0.15) is 39.9 Å². The Balaban J connectivity index is 1.35. The fraction of sp³-hybridized carbons (Fsp3) is 0.286. The second kappa shape index (κ2) is 13.9. The largest absolute Gasteiger partial charge is 0.497 e. The summed E-state index contributed by atoms with van der Waals surface area (Å²) in [6, 6.07) is 34.1. The minimum atomic E-state index is 0.00739. The SMILES string of the molecule is COc1cccc(C(=O)N(Cc2ccc(OC)c(OCc3ccccc3)c2)C2CCN(Cc3ccccc3)CC2)c1. The molecular formula is C35H38N2O4. The molecule has 1 heterocycles. The summed E-state index contributed by atoms with van der Waals surface area (Å²) in [5, 5.41) is 0. The first kappa shape index (κ1) is 28.2. The van der Waals surface area contributed by atoms with Crippen molar-refractivity contribution in [3.8, 4) is 17.2 Å². The summed E-state index contributed by atoms with van der Waals surface area (Å²) in [5.41, 5.74) is 4.02. The van der Waals surface area contributed by atoms with Gasteiger partial charge in [0.05, 0.1) is 14.2 Å². The van der Waals surface area contributed by atoms with Gasteiger partial charge in [-0.05, 0) is 59.9 Å². The van der Waals surface area contributed by atoms with Gasteiger partial charge < -0.3 is 19.1 Å². The average Bonchev–Trinajstić information content (AvgIpc) is 3.04. The third kappa shape index (κ3) is 7.47. The van der Waals surface area contributed by atoms with E-state index in [1.165, 1.54) is 5.56 Å². The molecule has 0 N–H and O–H groups in total. The number of benzene rings is 4. The second-order valence-corrected chi connectivity index (χ2v) is 10.4. The topological polar surface area (TPSA) is 51.2 Å². The van der Waals surface area contributed by atoms with Crippen molar-refractivity contribution in [3.05, 3.63) is 125 Å². The number of carbonyl (C=O) groups excluding carboxylic acids is 1. The molecule has 1 fully saturated rings. The van der Waals surface area contributed by atoms with Gasteiger partial charge >= 0.3 is 0 Å². The van der Waals surface area contributed by atoms with E-state index in [4.69, 9.17) is 14.2 Å². The smallest absolute Gasteiger partial charge is 0.254 e. The zero-order valence-corrected chi connectivity index (χ0v) is 23.9. The summed E-state index contributed by atoms with van der Waals surface area (Å²) < 4.78 is 17.2. The molecule has 0 bridgehead atoms. The van der Waals surface area contributed by atoms with Crippen LogP contribution in [-0.4, -0.2) is 49.1 Å². The number of carbonyl (C=O) groups is 1. The number of ether oxygens (including phenoxy) is 3. The number of rotatable bonds is 11. The number of amides is 1. The predicted molar refractivity (Wildman–Crippen MR) is 161 cm³/mol. The highest BCUT2D eigenvalue weighted by Gasteiger charge is 2.29. The molecule has 0 aromatic heterocycles. The Bertz CT molecular complexity index is 1400. The van der Waals surface area contributed by atoms with E-state index in [0.29, 0.717) is 36.0 Å². The van der Waals surface area contributed by atoms with E-state index in [9.17, 15) is 4.79 Å². The molecule has 0 unspecified atom stereocenters. The molecule has 41 heavy (non-hydrogen) atoms. The molecule has 1 saturated heterocycles. The van der Waals surface area contributed by atoms with E-state index in [1.54, 1.807) is 14.2 Å². The fourth-order valence-corrected chi connectivity index (χ4v) is 5.38. The van der Waals surface area contributed by atoms with Crippen LogP contribution >= 0.6 is 0 Å². The van der Waals surface area contributed by atoms with E-state index >= 15 is 0 Å². The molecule has 4 aromatic rings. The number of methoxy groups -OCH3 is 2. The predicted octanol–water partition coefficient (Wildman–Crippen LogP) is 6.59. The van der Waals surface area contributed by atoms with Gasteiger partial charge in [-0.3, -0.25) is 9.69 Å².